The molecular weight excluding hydrogens is 242 g/mol. The molecule has 19 heavy (non-hydrogen) atoms. The highest BCUT2D eigenvalue weighted by atomic mass is 16.2. The van der Waals surface area contributed by atoms with Gasteiger partial charge in [0.05, 0.1) is 6.33 Å². The predicted octanol–water partition coefficient (Wildman–Crippen LogP) is 1.49. The molecule has 1 heterocycles. The molecule has 1 atom stereocenters. The lowest BCUT2D eigenvalue weighted by molar-refractivity contribution is -0.123. The van der Waals surface area contributed by atoms with Crippen molar-refractivity contribution in [1.82, 2.24) is 14.9 Å². The molecule has 1 aromatic heterocycles. The monoisotopic (exact) mass is 259 g/mol. The van der Waals surface area contributed by atoms with E-state index in [-0.39, 0.29) is 17.3 Å². The second-order valence-corrected chi connectivity index (χ2v) is 4.25. The Morgan fingerprint density at radius 3 is 2.79 bits per heavy atom. The first-order valence-corrected chi connectivity index (χ1v) is 6.30. The van der Waals surface area contributed by atoms with Gasteiger partial charge in [0.2, 0.25) is 5.91 Å². The van der Waals surface area contributed by atoms with E-state index >= 15 is 0 Å². The van der Waals surface area contributed by atoms with Crippen LogP contribution in [-0.2, 0) is 4.79 Å². The third kappa shape index (κ3) is 3.56. The maximum atomic E-state index is 11.9. The number of carbonyl (C=O) groups is 1. The third-order valence-corrected chi connectivity index (χ3v) is 2.88. The van der Waals surface area contributed by atoms with Crippen LogP contribution in [0.15, 0.2) is 6.33 Å². The van der Waals surface area contributed by atoms with Gasteiger partial charge in [0.1, 0.15) is 18.2 Å². The second-order valence-electron chi connectivity index (χ2n) is 4.25. The summed E-state index contributed by atoms with van der Waals surface area (Å²) in [7, 11) is 0. The Morgan fingerprint density at radius 1 is 1.47 bits per heavy atom. The molecular formula is C13H17N5O. The maximum absolute atomic E-state index is 11.9. The molecule has 0 saturated carbocycles. The lowest BCUT2D eigenvalue weighted by Crippen LogP contribution is -2.32. The van der Waals surface area contributed by atoms with Crippen molar-refractivity contribution in [2.75, 3.05) is 6.54 Å². The van der Waals surface area contributed by atoms with Crippen LogP contribution < -0.4 is 5.32 Å². The van der Waals surface area contributed by atoms with Gasteiger partial charge in [-0.1, -0.05) is 19.8 Å². The molecule has 1 unspecified atom stereocenters. The van der Waals surface area contributed by atoms with Crippen LogP contribution in [0.25, 0.3) is 0 Å². The fourth-order valence-electron chi connectivity index (χ4n) is 1.71. The van der Waals surface area contributed by atoms with E-state index in [0.29, 0.717) is 6.54 Å². The first-order chi connectivity index (χ1) is 9.15. The average molecular weight is 259 g/mol. The minimum Gasteiger partial charge on any atom is -0.354 e. The van der Waals surface area contributed by atoms with Crippen LogP contribution in [0.2, 0.25) is 0 Å². The van der Waals surface area contributed by atoms with Crippen molar-refractivity contribution < 1.29 is 4.79 Å². The quantitative estimate of drug-likeness (QED) is 0.783. The lowest BCUT2D eigenvalue weighted by Gasteiger charge is -2.14. The fourth-order valence-corrected chi connectivity index (χ4v) is 1.71. The summed E-state index contributed by atoms with van der Waals surface area (Å²) >= 11 is 0. The van der Waals surface area contributed by atoms with E-state index < -0.39 is 6.04 Å². The van der Waals surface area contributed by atoms with Crippen LogP contribution >= 0.6 is 0 Å². The van der Waals surface area contributed by atoms with E-state index in [4.69, 9.17) is 10.5 Å². The average Bonchev–Trinajstić information content (AvgIpc) is 2.85. The molecule has 0 fully saturated rings. The molecule has 0 aliphatic heterocycles. The van der Waals surface area contributed by atoms with Crippen molar-refractivity contribution in [2.24, 2.45) is 0 Å². The largest absolute Gasteiger partial charge is 0.354 e. The van der Waals surface area contributed by atoms with Crippen LogP contribution in [0.1, 0.15) is 50.5 Å². The Balaban J connectivity index is 2.70. The molecule has 0 spiro atoms. The van der Waals surface area contributed by atoms with Crippen molar-refractivity contribution in [3.8, 4) is 12.1 Å². The number of hydrogen-bond acceptors (Lipinski definition) is 4. The summed E-state index contributed by atoms with van der Waals surface area (Å²) in [6, 6.07) is 3.19. The van der Waals surface area contributed by atoms with Gasteiger partial charge in [0, 0.05) is 6.54 Å². The first kappa shape index (κ1) is 14.7. The maximum Gasteiger partial charge on any atom is 0.242 e. The number of carbonyl (C=O) groups excluding carboxylic acids is 1. The number of nitrogens with zero attached hydrogens (tertiary/aromatic N) is 4. The number of aromatic nitrogens is 2. The zero-order valence-corrected chi connectivity index (χ0v) is 11.2. The number of nitriles is 2. The fraction of sp³-hybridized carbons (Fsp3) is 0.538. The van der Waals surface area contributed by atoms with Crippen molar-refractivity contribution in [3.05, 3.63) is 17.7 Å². The van der Waals surface area contributed by atoms with E-state index in [2.05, 4.69) is 17.2 Å². The van der Waals surface area contributed by atoms with Gasteiger partial charge in [-0.2, -0.15) is 10.5 Å². The molecule has 1 rings (SSSR count). The smallest absolute Gasteiger partial charge is 0.242 e. The standard InChI is InChI=1S/C13H17N5O/c1-3-4-5-6-16-13(19)10(2)18-9-17-11(7-14)12(18)8-15/h9-10H,3-6H2,1-2H3,(H,16,19). The van der Waals surface area contributed by atoms with E-state index in [1.54, 1.807) is 6.92 Å². The molecule has 100 valence electrons. The highest BCUT2D eigenvalue weighted by molar-refractivity contribution is 5.80. The van der Waals surface area contributed by atoms with E-state index in [0.717, 1.165) is 19.3 Å². The zero-order valence-electron chi connectivity index (χ0n) is 11.2. The molecule has 6 nitrogen and oxygen atoms in total. The van der Waals surface area contributed by atoms with Crippen LogP contribution in [0.4, 0.5) is 0 Å². The molecule has 0 saturated heterocycles. The topological polar surface area (TPSA) is 94.5 Å². The summed E-state index contributed by atoms with van der Waals surface area (Å²) in [4.78, 5) is 15.7. The molecule has 0 aromatic carbocycles. The number of hydrogen-bond donors (Lipinski definition) is 1. The first-order valence-electron chi connectivity index (χ1n) is 6.30. The van der Waals surface area contributed by atoms with Gasteiger partial charge in [-0.15, -0.1) is 0 Å². The molecule has 1 N–H and O–H groups in total. The Kier molecular flexibility index (Phi) is 5.56. The highest BCUT2D eigenvalue weighted by Gasteiger charge is 2.20. The summed E-state index contributed by atoms with van der Waals surface area (Å²) < 4.78 is 1.42. The summed E-state index contributed by atoms with van der Waals surface area (Å²) in [5, 5.41) is 20.6. The zero-order chi connectivity index (χ0) is 14.3. The summed E-state index contributed by atoms with van der Waals surface area (Å²) in [6.45, 7) is 4.40. The number of imidazole rings is 1. The Morgan fingerprint density at radius 2 is 2.21 bits per heavy atom. The molecule has 1 aromatic rings. The summed E-state index contributed by atoms with van der Waals surface area (Å²) in [5.41, 5.74) is 0.173. The van der Waals surface area contributed by atoms with Gasteiger partial charge < -0.3 is 9.88 Å². The minimum absolute atomic E-state index is 0.0492. The Labute approximate surface area is 112 Å². The normalized spacial score (nSPS) is 11.4. The summed E-state index contributed by atoms with van der Waals surface area (Å²) in [6.07, 6.45) is 4.46. The van der Waals surface area contributed by atoms with Crippen LogP contribution in [0.5, 0.6) is 0 Å². The van der Waals surface area contributed by atoms with Gasteiger partial charge in [-0.3, -0.25) is 4.79 Å². The van der Waals surface area contributed by atoms with Crippen molar-refractivity contribution in [2.45, 2.75) is 39.2 Å². The lowest BCUT2D eigenvalue weighted by atomic mass is 10.2. The van der Waals surface area contributed by atoms with Crippen LogP contribution in [0.3, 0.4) is 0 Å². The number of unbranched alkanes of at least 4 members (excludes halogenated alkanes) is 2. The molecule has 0 radical (unpaired) electrons. The highest BCUT2D eigenvalue weighted by Crippen LogP contribution is 2.13. The number of nitrogens with one attached hydrogen (secondary N) is 1. The SMILES string of the molecule is CCCCCNC(=O)C(C)n1cnc(C#N)c1C#N. The Bertz CT molecular complexity index is 520. The second kappa shape index (κ2) is 7.17. The molecule has 1 amide bonds. The minimum atomic E-state index is -0.550. The van der Waals surface area contributed by atoms with Gasteiger partial charge in [-0.25, -0.2) is 4.98 Å². The van der Waals surface area contributed by atoms with E-state index in [9.17, 15) is 4.79 Å². The van der Waals surface area contributed by atoms with Gasteiger partial charge in [-0.05, 0) is 13.3 Å². The van der Waals surface area contributed by atoms with Crippen molar-refractivity contribution in [3.63, 3.8) is 0 Å². The molecule has 6 heteroatoms. The number of amides is 1. The van der Waals surface area contributed by atoms with Gasteiger partial charge in [0.15, 0.2) is 11.4 Å². The molecule has 0 aliphatic rings. The van der Waals surface area contributed by atoms with Crippen LogP contribution in [-0.4, -0.2) is 22.0 Å². The third-order valence-electron chi connectivity index (χ3n) is 2.88. The molecule has 0 aliphatic carbocycles. The molecule has 0 bridgehead atoms. The van der Waals surface area contributed by atoms with E-state index in [1.807, 2.05) is 12.1 Å². The van der Waals surface area contributed by atoms with Crippen molar-refractivity contribution in [1.29, 1.82) is 10.5 Å². The number of rotatable bonds is 6. The van der Waals surface area contributed by atoms with Crippen LogP contribution in [0, 0.1) is 22.7 Å². The Hall–Kier alpha value is -2.34. The summed E-state index contributed by atoms with van der Waals surface area (Å²) in [5.74, 6) is -0.172. The van der Waals surface area contributed by atoms with E-state index in [1.165, 1.54) is 10.9 Å². The van der Waals surface area contributed by atoms with Gasteiger partial charge in [0.25, 0.3) is 0 Å². The van der Waals surface area contributed by atoms with Gasteiger partial charge >= 0.3 is 0 Å². The van der Waals surface area contributed by atoms with Crippen molar-refractivity contribution >= 4 is 5.91 Å². The predicted molar refractivity (Wildman–Crippen MR) is 68.9 cm³/mol.